The van der Waals surface area contributed by atoms with Crippen molar-refractivity contribution in [1.29, 1.82) is 0 Å². The van der Waals surface area contributed by atoms with Gasteiger partial charge in [0, 0.05) is 17.3 Å². The Kier molecular flexibility index (Phi) is 3.78. The molecule has 6 heteroatoms. The zero-order valence-corrected chi connectivity index (χ0v) is 14.0. The summed E-state index contributed by atoms with van der Waals surface area (Å²) in [6, 6.07) is 17.6. The standard InChI is InChI=1S/C19H17N5O/c1-13-17-12-20-19(22-15-9-6-10-16(11-15)25-2)23-24(17)18(21-13)14-7-4-3-5-8-14/h3-12H,1-2H3,(H,22,23). The molecule has 0 radical (unpaired) electrons. The third-order valence-electron chi connectivity index (χ3n) is 3.93. The summed E-state index contributed by atoms with van der Waals surface area (Å²) < 4.78 is 7.07. The summed E-state index contributed by atoms with van der Waals surface area (Å²) in [6.45, 7) is 1.96. The predicted molar refractivity (Wildman–Crippen MR) is 97.2 cm³/mol. The number of ether oxygens (including phenoxy) is 1. The van der Waals surface area contributed by atoms with Crippen LogP contribution in [0.4, 0.5) is 11.6 Å². The molecule has 6 nitrogen and oxygen atoms in total. The van der Waals surface area contributed by atoms with E-state index in [1.807, 2.05) is 66.0 Å². The number of hydrogen-bond donors (Lipinski definition) is 1. The number of nitrogens with zero attached hydrogens (tertiary/aromatic N) is 4. The lowest BCUT2D eigenvalue weighted by Crippen LogP contribution is -2.03. The van der Waals surface area contributed by atoms with Gasteiger partial charge in [0.05, 0.1) is 19.0 Å². The molecule has 0 atom stereocenters. The molecule has 2 heterocycles. The van der Waals surface area contributed by atoms with Crippen molar-refractivity contribution in [3.8, 4) is 17.1 Å². The Morgan fingerprint density at radius 1 is 1.04 bits per heavy atom. The molecule has 0 aliphatic carbocycles. The molecule has 4 aromatic rings. The van der Waals surface area contributed by atoms with Crippen LogP contribution in [0, 0.1) is 6.92 Å². The van der Waals surface area contributed by atoms with Crippen LogP contribution in [0.5, 0.6) is 5.75 Å². The van der Waals surface area contributed by atoms with Crippen LogP contribution in [0.1, 0.15) is 5.69 Å². The van der Waals surface area contributed by atoms with E-state index in [-0.39, 0.29) is 0 Å². The number of nitrogens with one attached hydrogen (secondary N) is 1. The Labute approximate surface area is 145 Å². The number of anilines is 2. The van der Waals surface area contributed by atoms with Gasteiger partial charge in [0.1, 0.15) is 11.3 Å². The molecule has 25 heavy (non-hydrogen) atoms. The molecule has 0 amide bonds. The number of aromatic nitrogens is 4. The molecular weight excluding hydrogens is 314 g/mol. The maximum absolute atomic E-state index is 5.25. The number of aryl methyl sites for hydroxylation is 1. The first kappa shape index (κ1) is 15.1. The lowest BCUT2D eigenvalue weighted by Gasteiger charge is -2.07. The van der Waals surface area contributed by atoms with Crippen molar-refractivity contribution >= 4 is 17.2 Å². The monoisotopic (exact) mass is 331 g/mol. The SMILES string of the molecule is COc1cccc(Nc2ncc3c(C)nc(-c4ccccc4)n3n2)c1. The summed E-state index contributed by atoms with van der Waals surface area (Å²) in [4.78, 5) is 9.05. The summed E-state index contributed by atoms with van der Waals surface area (Å²) in [5.74, 6) is 2.06. The van der Waals surface area contributed by atoms with E-state index in [9.17, 15) is 0 Å². The number of methoxy groups -OCH3 is 1. The molecule has 4 rings (SSSR count). The van der Waals surface area contributed by atoms with E-state index in [2.05, 4.69) is 20.4 Å². The van der Waals surface area contributed by atoms with Gasteiger partial charge in [-0.2, -0.15) is 0 Å². The summed E-state index contributed by atoms with van der Waals surface area (Å²) in [6.07, 6.45) is 1.78. The Hall–Kier alpha value is -3.41. The van der Waals surface area contributed by atoms with Crippen LogP contribution in [0.15, 0.2) is 60.8 Å². The minimum absolute atomic E-state index is 0.496. The zero-order chi connectivity index (χ0) is 17.2. The fraction of sp³-hybridized carbons (Fsp3) is 0.105. The molecular formula is C19H17N5O. The Bertz CT molecular complexity index is 1030. The predicted octanol–water partition coefficient (Wildman–Crippen LogP) is 3.85. The fourth-order valence-corrected chi connectivity index (χ4v) is 2.68. The van der Waals surface area contributed by atoms with Crippen LogP contribution in [0.25, 0.3) is 16.9 Å². The maximum atomic E-state index is 5.25. The van der Waals surface area contributed by atoms with Crippen molar-refractivity contribution in [3.63, 3.8) is 0 Å². The minimum atomic E-state index is 0.496. The van der Waals surface area contributed by atoms with Crippen molar-refractivity contribution in [1.82, 2.24) is 19.6 Å². The van der Waals surface area contributed by atoms with E-state index in [1.54, 1.807) is 13.3 Å². The second-order valence-corrected chi connectivity index (χ2v) is 5.62. The number of imidazole rings is 1. The van der Waals surface area contributed by atoms with Crippen molar-refractivity contribution in [3.05, 3.63) is 66.5 Å². The highest BCUT2D eigenvalue weighted by atomic mass is 16.5. The van der Waals surface area contributed by atoms with E-state index in [0.717, 1.165) is 34.0 Å². The van der Waals surface area contributed by atoms with Gasteiger partial charge in [-0.1, -0.05) is 36.4 Å². The Morgan fingerprint density at radius 2 is 1.88 bits per heavy atom. The normalized spacial score (nSPS) is 10.8. The minimum Gasteiger partial charge on any atom is -0.497 e. The molecule has 124 valence electrons. The Morgan fingerprint density at radius 3 is 2.68 bits per heavy atom. The molecule has 0 spiro atoms. The highest BCUT2D eigenvalue weighted by Crippen LogP contribution is 2.23. The first-order chi connectivity index (χ1) is 12.2. The molecule has 1 N–H and O–H groups in total. The fourth-order valence-electron chi connectivity index (χ4n) is 2.68. The molecule has 2 aromatic heterocycles. The summed E-state index contributed by atoms with van der Waals surface area (Å²) in [5.41, 5.74) is 3.65. The van der Waals surface area contributed by atoms with Gasteiger partial charge in [-0.05, 0) is 19.1 Å². The van der Waals surface area contributed by atoms with Gasteiger partial charge < -0.3 is 10.1 Å². The van der Waals surface area contributed by atoms with Gasteiger partial charge in [-0.15, -0.1) is 5.10 Å². The van der Waals surface area contributed by atoms with Crippen molar-refractivity contribution in [2.24, 2.45) is 0 Å². The average molecular weight is 331 g/mol. The van der Waals surface area contributed by atoms with E-state index < -0.39 is 0 Å². The van der Waals surface area contributed by atoms with Crippen molar-refractivity contribution < 1.29 is 4.74 Å². The highest BCUT2D eigenvalue weighted by molar-refractivity contribution is 5.65. The molecule has 0 unspecified atom stereocenters. The lowest BCUT2D eigenvalue weighted by molar-refractivity contribution is 0.415. The molecule has 0 bridgehead atoms. The third-order valence-corrected chi connectivity index (χ3v) is 3.93. The zero-order valence-electron chi connectivity index (χ0n) is 14.0. The van der Waals surface area contributed by atoms with Gasteiger partial charge in [-0.25, -0.2) is 14.5 Å². The molecule has 0 saturated heterocycles. The Balaban J connectivity index is 1.76. The second kappa shape index (κ2) is 6.24. The second-order valence-electron chi connectivity index (χ2n) is 5.62. The molecule has 0 fully saturated rings. The van der Waals surface area contributed by atoms with Crippen LogP contribution >= 0.6 is 0 Å². The van der Waals surface area contributed by atoms with Crippen LogP contribution in [0.2, 0.25) is 0 Å². The third kappa shape index (κ3) is 2.89. The first-order valence-corrected chi connectivity index (χ1v) is 7.93. The van der Waals surface area contributed by atoms with Crippen LogP contribution in [-0.4, -0.2) is 26.7 Å². The van der Waals surface area contributed by atoms with Crippen molar-refractivity contribution in [2.75, 3.05) is 12.4 Å². The van der Waals surface area contributed by atoms with Gasteiger partial charge >= 0.3 is 0 Å². The average Bonchev–Trinajstić information content (AvgIpc) is 2.99. The van der Waals surface area contributed by atoms with Gasteiger partial charge in [0.2, 0.25) is 5.95 Å². The van der Waals surface area contributed by atoms with Crippen molar-refractivity contribution in [2.45, 2.75) is 6.92 Å². The lowest BCUT2D eigenvalue weighted by atomic mass is 10.2. The number of fused-ring (bicyclic) bond motifs is 1. The molecule has 0 aliphatic heterocycles. The van der Waals surface area contributed by atoms with Gasteiger partial charge in [0.25, 0.3) is 0 Å². The smallest absolute Gasteiger partial charge is 0.245 e. The quantitative estimate of drug-likeness (QED) is 0.615. The van der Waals surface area contributed by atoms with Gasteiger partial charge in [-0.3, -0.25) is 0 Å². The summed E-state index contributed by atoms with van der Waals surface area (Å²) >= 11 is 0. The van der Waals surface area contributed by atoms with E-state index in [0.29, 0.717) is 5.95 Å². The van der Waals surface area contributed by atoms with Crippen LogP contribution in [0.3, 0.4) is 0 Å². The van der Waals surface area contributed by atoms with Crippen LogP contribution < -0.4 is 10.1 Å². The maximum Gasteiger partial charge on any atom is 0.245 e. The molecule has 0 aliphatic rings. The summed E-state index contributed by atoms with van der Waals surface area (Å²) in [7, 11) is 1.64. The number of rotatable bonds is 4. The number of benzene rings is 2. The van der Waals surface area contributed by atoms with E-state index >= 15 is 0 Å². The topological polar surface area (TPSA) is 64.3 Å². The summed E-state index contributed by atoms with van der Waals surface area (Å²) in [5, 5.41) is 7.82. The van der Waals surface area contributed by atoms with Crippen LogP contribution in [-0.2, 0) is 0 Å². The molecule has 0 saturated carbocycles. The highest BCUT2D eigenvalue weighted by Gasteiger charge is 2.12. The number of hydrogen-bond acceptors (Lipinski definition) is 5. The van der Waals surface area contributed by atoms with E-state index in [4.69, 9.17) is 4.74 Å². The molecule has 2 aromatic carbocycles. The largest absolute Gasteiger partial charge is 0.497 e. The van der Waals surface area contributed by atoms with E-state index in [1.165, 1.54) is 0 Å². The first-order valence-electron chi connectivity index (χ1n) is 7.93. The van der Waals surface area contributed by atoms with Gasteiger partial charge in [0.15, 0.2) is 5.82 Å².